The standard InChI is InChI=1S/C15H28O2.C6H4/c1-3-5-12-6-8-13(9-7-12)15-11-16-14(4-2)10-17-15;1-2-6-4-3-5(1)6/h12-15H,3-11H2,1-2H3;1-4H. The fraction of sp³-hybridized carbons (Fsp3) is 0.714. The monoisotopic (exact) mass is 316 g/mol. The third-order valence-corrected chi connectivity index (χ3v) is 5.78. The van der Waals surface area contributed by atoms with Gasteiger partial charge in [0.25, 0.3) is 0 Å². The van der Waals surface area contributed by atoms with Crippen LogP contribution in [0.1, 0.15) is 58.8 Å². The number of hydrogen-bond acceptors (Lipinski definition) is 2. The van der Waals surface area contributed by atoms with Gasteiger partial charge in [-0.05, 0) is 41.5 Å². The Morgan fingerprint density at radius 3 is 1.91 bits per heavy atom. The summed E-state index contributed by atoms with van der Waals surface area (Å²) in [6.07, 6.45) is 10.1. The van der Waals surface area contributed by atoms with E-state index in [0.717, 1.165) is 31.5 Å². The van der Waals surface area contributed by atoms with Crippen LogP contribution in [-0.4, -0.2) is 25.4 Å². The molecule has 2 unspecified atom stereocenters. The van der Waals surface area contributed by atoms with E-state index in [4.69, 9.17) is 9.47 Å². The first kappa shape index (κ1) is 17.0. The molecule has 128 valence electrons. The molecule has 2 atom stereocenters. The molecule has 0 bridgehead atoms. The molecule has 2 heteroatoms. The number of hydrogen-bond donors (Lipinski definition) is 0. The van der Waals surface area contributed by atoms with Gasteiger partial charge in [0.05, 0.1) is 25.4 Å². The van der Waals surface area contributed by atoms with Crippen molar-refractivity contribution in [3.63, 3.8) is 0 Å². The molecular weight excluding hydrogens is 284 g/mol. The zero-order valence-electron chi connectivity index (χ0n) is 14.8. The lowest BCUT2D eigenvalue weighted by atomic mass is 9.78. The van der Waals surface area contributed by atoms with Gasteiger partial charge in [0, 0.05) is 0 Å². The second kappa shape index (κ2) is 8.30. The summed E-state index contributed by atoms with van der Waals surface area (Å²) in [5.74, 6) is 1.75. The largest absolute Gasteiger partial charge is 0.373 e. The predicted octanol–water partition coefficient (Wildman–Crippen LogP) is 5.07. The van der Waals surface area contributed by atoms with Gasteiger partial charge in [-0.1, -0.05) is 63.8 Å². The maximum Gasteiger partial charge on any atom is 0.0838 e. The van der Waals surface area contributed by atoms with Crippen LogP contribution in [0.25, 0.3) is 0 Å². The SMILES string of the molecule is CCCC1CCC(C2COC(CC)CO2)CC1.c1cc2ccc1=2. The minimum Gasteiger partial charge on any atom is -0.373 e. The van der Waals surface area contributed by atoms with Gasteiger partial charge in [-0.2, -0.15) is 0 Å². The second-order valence-electron chi connectivity index (χ2n) is 7.38. The minimum absolute atomic E-state index is 0.350. The van der Waals surface area contributed by atoms with E-state index >= 15 is 0 Å². The van der Waals surface area contributed by atoms with Crippen molar-refractivity contribution >= 4 is 0 Å². The van der Waals surface area contributed by atoms with Crippen molar-refractivity contribution in [3.05, 3.63) is 34.7 Å². The van der Waals surface area contributed by atoms with Crippen LogP contribution >= 0.6 is 0 Å². The van der Waals surface area contributed by atoms with Gasteiger partial charge in [-0.15, -0.1) is 0 Å². The highest BCUT2D eigenvalue weighted by atomic mass is 16.6. The zero-order chi connectivity index (χ0) is 16.1. The summed E-state index contributed by atoms with van der Waals surface area (Å²) >= 11 is 0. The van der Waals surface area contributed by atoms with Crippen molar-refractivity contribution < 1.29 is 9.47 Å². The molecule has 0 amide bonds. The quantitative estimate of drug-likeness (QED) is 0.783. The van der Waals surface area contributed by atoms with E-state index in [1.807, 2.05) is 0 Å². The van der Waals surface area contributed by atoms with Crippen LogP contribution in [0.2, 0.25) is 0 Å². The molecule has 23 heavy (non-hydrogen) atoms. The summed E-state index contributed by atoms with van der Waals surface area (Å²) in [5, 5.41) is 2.85. The maximum atomic E-state index is 5.99. The fourth-order valence-electron chi connectivity index (χ4n) is 3.99. The van der Waals surface area contributed by atoms with Crippen molar-refractivity contribution in [2.45, 2.75) is 71.0 Å². The summed E-state index contributed by atoms with van der Waals surface area (Å²) in [6.45, 7) is 6.12. The van der Waals surface area contributed by atoms with E-state index in [9.17, 15) is 0 Å². The average Bonchev–Trinajstić information content (AvgIpc) is 2.60. The molecule has 0 aromatic heterocycles. The van der Waals surface area contributed by atoms with Crippen molar-refractivity contribution in [2.75, 3.05) is 13.2 Å². The van der Waals surface area contributed by atoms with E-state index < -0.39 is 0 Å². The molecule has 0 N–H and O–H groups in total. The highest BCUT2D eigenvalue weighted by Gasteiger charge is 2.31. The Hall–Kier alpha value is -0.860. The molecule has 1 saturated heterocycles. The highest BCUT2D eigenvalue weighted by molar-refractivity contribution is 5.22. The summed E-state index contributed by atoms with van der Waals surface area (Å²) in [6, 6.07) is 8.48. The lowest BCUT2D eigenvalue weighted by Gasteiger charge is -2.37. The van der Waals surface area contributed by atoms with E-state index in [-0.39, 0.29) is 0 Å². The fourth-order valence-corrected chi connectivity index (χ4v) is 3.99. The summed E-state index contributed by atoms with van der Waals surface area (Å²) < 4.78 is 11.8. The molecule has 1 aliphatic heterocycles. The Morgan fingerprint density at radius 1 is 0.870 bits per heavy atom. The first-order valence-electron chi connectivity index (χ1n) is 9.63. The van der Waals surface area contributed by atoms with Gasteiger partial charge in [-0.3, -0.25) is 0 Å². The highest BCUT2D eigenvalue weighted by Crippen LogP contribution is 2.35. The zero-order valence-corrected chi connectivity index (χ0v) is 14.8. The molecule has 1 saturated carbocycles. The Balaban J connectivity index is 0.000000213. The summed E-state index contributed by atoms with van der Waals surface area (Å²) in [5.41, 5.74) is 0. The van der Waals surface area contributed by atoms with Crippen LogP contribution in [0.5, 0.6) is 0 Å². The smallest absolute Gasteiger partial charge is 0.0838 e. The van der Waals surface area contributed by atoms with Gasteiger partial charge in [0.1, 0.15) is 0 Å². The van der Waals surface area contributed by atoms with Gasteiger partial charge in [0.15, 0.2) is 0 Å². The maximum absolute atomic E-state index is 5.99. The molecule has 0 radical (unpaired) electrons. The van der Waals surface area contributed by atoms with Gasteiger partial charge < -0.3 is 9.47 Å². The molecule has 2 nitrogen and oxygen atoms in total. The summed E-state index contributed by atoms with van der Waals surface area (Å²) in [4.78, 5) is 0. The van der Waals surface area contributed by atoms with Crippen molar-refractivity contribution in [1.82, 2.24) is 0 Å². The Kier molecular flexibility index (Phi) is 6.13. The third kappa shape index (κ3) is 4.36. The van der Waals surface area contributed by atoms with Crippen molar-refractivity contribution in [1.29, 1.82) is 0 Å². The molecule has 0 spiro atoms. The Labute approximate surface area is 140 Å². The van der Waals surface area contributed by atoms with E-state index in [0.29, 0.717) is 12.2 Å². The number of rotatable bonds is 4. The third-order valence-electron chi connectivity index (χ3n) is 5.78. The molecule has 1 heterocycles. The topological polar surface area (TPSA) is 18.5 Å². The van der Waals surface area contributed by atoms with Crippen LogP contribution in [0.4, 0.5) is 0 Å². The van der Waals surface area contributed by atoms with Gasteiger partial charge >= 0.3 is 0 Å². The van der Waals surface area contributed by atoms with E-state index in [1.165, 1.54) is 49.0 Å². The van der Waals surface area contributed by atoms with Crippen LogP contribution < -0.4 is 0 Å². The summed E-state index contributed by atoms with van der Waals surface area (Å²) in [7, 11) is 0. The second-order valence-corrected chi connectivity index (χ2v) is 7.38. The number of ether oxygens (including phenoxy) is 2. The number of benzene rings is 1. The Morgan fingerprint density at radius 2 is 1.52 bits per heavy atom. The van der Waals surface area contributed by atoms with Crippen LogP contribution in [0.3, 0.4) is 0 Å². The van der Waals surface area contributed by atoms with Crippen LogP contribution in [-0.2, 0) is 9.47 Å². The van der Waals surface area contributed by atoms with Crippen molar-refractivity contribution in [3.8, 4) is 0 Å². The van der Waals surface area contributed by atoms with Gasteiger partial charge in [-0.25, -0.2) is 0 Å². The normalized spacial score (nSPS) is 31.9. The molecular formula is C21H32O2. The van der Waals surface area contributed by atoms with E-state index in [1.54, 1.807) is 0 Å². The molecule has 3 aliphatic carbocycles. The predicted molar refractivity (Wildman–Crippen MR) is 94.2 cm³/mol. The van der Waals surface area contributed by atoms with Crippen LogP contribution in [0.15, 0.2) is 24.3 Å². The van der Waals surface area contributed by atoms with E-state index in [2.05, 4.69) is 38.1 Å². The molecule has 2 fully saturated rings. The molecule has 0 aromatic rings. The first-order chi connectivity index (χ1) is 11.3. The molecule has 4 aliphatic rings. The van der Waals surface area contributed by atoms with Crippen molar-refractivity contribution in [2.24, 2.45) is 11.8 Å². The Bertz CT molecular complexity index is 501. The lowest BCUT2D eigenvalue weighted by Crippen LogP contribution is -2.40. The lowest BCUT2D eigenvalue weighted by molar-refractivity contribution is -0.155. The first-order valence-corrected chi connectivity index (χ1v) is 9.63. The van der Waals surface area contributed by atoms with Crippen LogP contribution in [0, 0.1) is 22.3 Å². The minimum atomic E-state index is 0.350. The molecule has 0 aromatic carbocycles. The van der Waals surface area contributed by atoms with Gasteiger partial charge in [0.2, 0.25) is 0 Å². The average molecular weight is 316 g/mol. The molecule has 4 rings (SSSR count).